The van der Waals surface area contributed by atoms with Gasteiger partial charge in [-0.15, -0.1) is 0 Å². The summed E-state index contributed by atoms with van der Waals surface area (Å²) >= 11 is 3.35. The topological polar surface area (TPSA) is 156 Å². The minimum atomic E-state index is -1.46. The molecule has 3 rings (SSSR count). The second-order valence-electron chi connectivity index (χ2n) is 10.8. The van der Waals surface area contributed by atoms with Crippen LogP contribution in [0.5, 0.6) is 11.5 Å². The fourth-order valence-electron chi connectivity index (χ4n) is 4.53. The number of carbonyl (C=O) groups excluding carboxylic acids is 5. The zero-order valence-corrected chi connectivity index (χ0v) is 27.4. The van der Waals surface area contributed by atoms with Crippen LogP contribution in [0.25, 0.3) is 0 Å². The highest BCUT2D eigenvalue weighted by molar-refractivity contribution is 9.09. The number of hydrogen-bond donors (Lipinski definition) is 1. The molecule has 1 aliphatic heterocycles. The second kappa shape index (κ2) is 17.5. The van der Waals surface area contributed by atoms with Crippen LogP contribution in [0.1, 0.15) is 62.5 Å². The van der Waals surface area contributed by atoms with Crippen LogP contribution in [0.2, 0.25) is 0 Å². The molecule has 2 heterocycles. The number of aromatic nitrogens is 1. The van der Waals surface area contributed by atoms with Crippen molar-refractivity contribution in [3.63, 3.8) is 0 Å². The smallest absolute Gasteiger partial charge is 0.332 e. The maximum atomic E-state index is 13.4. The van der Waals surface area contributed by atoms with Gasteiger partial charge in [0.2, 0.25) is 5.75 Å². The number of halogens is 1. The Balaban J connectivity index is 1.84. The average molecular weight is 692 g/mol. The highest BCUT2D eigenvalue weighted by Crippen LogP contribution is 2.30. The SMILES string of the molecule is COc1ccnc(C(=O)NC2COC(=O)[C@H](Cc3ccccc3)C(OC(=O)C(C)C)[C@H](C)OC2=O)c1OC(=O)CCCCCBr. The number of ether oxygens (including phenoxy) is 5. The van der Waals surface area contributed by atoms with E-state index in [1.54, 1.807) is 13.8 Å². The van der Waals surface area contributed by atoms with E-state index in [4.69, 9.17) is 23.7 Å². The Morgan fingerprint density at radius 2 is 1.80 bits per heavy atom. The van der Waals surface area contributed by atoms with Gasteiger partial charge in [0.05, 0.1) is 13.0 Å². The average Bonchev–Trinajstić information content (AvgIpc) is 3.05. The van der Waals surface area contributed by atoms with Crippen molar-refractivity contribution >= 4 is 45.7 Å². The van der Waals surface area contributed by atoms with E-state index in [0.717, 1.165) is 23.7 Å². The number of amides is 1. The Labute approximate surface area is 270 Å². The van der Waals surface area contributed by atoms with Crippen LogP contribution in [-0.2, 0) is 39.8 Å². The van der Waals surface area contributed by atoms with Crippen LogP contribution in [0, 0.1) is 11.8 Å². The number of esters is 4. The highest BCUT2D eigenvalue weighted by Gasteiger charge is 2.42. The minimum Gasteiger partial charge on any atom is -0.493 e. The van der Waals surface area contributed by atoms with Crippen molar-refractivity contribution in [3.8, 4) is 11.5 Å². The third-order valence-corrected chi connectivity index (χ3v) is 7.56. The lowest BCUT2D eigenvalue weighted by molar-refractivity contribution is -0.176. The van der Waals surface area contributed by atoms with Gasteiger partial charge in [0.15, 0.2) is 23.6 Å². The molecule has 244 valence electrons. The predicted molar refractivity (Wildman–Crippen MR) is 165 cm³/mol. The van der Waals surface area contributed by atoms with Crippen molar-refractivity contribution in [2.24, 2.45) is 11.8 Å². The molecule has 2 unspecified atom stereocenters. The van der Waals surface area contributed by atoms with Crippen molar-refractivity contribution in [1.29, 1.82) is 0 Å². The van der Waals surface area contributed by atoms with Crippen LogP contribution in [-0.4, -0.2) is 72.1 Å². The zero-order chi connectivity index (χ0) is 32.9. The number of carbonyl (C=O) groups is 5. The summed E-state index contributed by atoms with van der Waals surface area (Å²) in [4.78, 5) is 69.4. The van der Waals surface area contributed by atoms with Crippen molar-refractivity contribution in [2.45, 2.75) is 71.1 Å². The molecule has 1 N–H and O–H groups in total. The molecular weight excluding hydrogens is 652 g/mol. The number of pyridine rings is 1. The monoisotopic (exact) mass is 690 g/mol. The van der Waals surface area contributed by atoms with Crippen molar-refractivity contribution in [1.82, 2.24) is 10.3 Å². The summed E-state index contributed by atoms with van der Waals surface area (Å²) in [5.74, 6) is -5.37. The van der Waals surface area contributed by atoms with Crippen molar-refractivity contribution in [3.05, 3.63) is 53.9 Å². The summed E-state index contributed by atoms with van der Waals surface area (Å²) < 4.78 is 27.6. The summed E-state index contributed by atoms with van der Waals surface area (Å²) in [6.45, 7) is 4.23. The Kier molecular flexibility index (Phi) is 13.8. The Morgan fingerprint density at radius 1 is 1.07 bits per heavy atom. The molecule has 45 heavy (non-hydrogen) atoms. The lowest BCUT2D eigenvalue weighted by atomic mass is 9.91. The predicted octanol–water partition coefficient (Wildman–Crippen LogP) is 3.96. The van der Waals surface area contributed by atoms with E-state index in [-0.39, 0.29) is 30.0 Å². The number of methoxy groups -OCH3 is 1. The van der Waals surface area contributed by atoms with Gasteiger partial charge in [-0.05, 0) is 31.7 Å². The van der Waals surface area contributed by atoms with Gasteiger partial charge in [-0.1, -0.05) is 66.5 Å². The number of unbranched alkanes of at least 4 members (excludes halogenated alkanes) is 2. The summed E-state index contributed by atoms with van der Waals surface area (Å²) in [6, 6.07) is 9.04. The normalized spacial score (nSPS) is 20.1. The Bertz CT molecular complexity index is 1340. The molecule has 1 aliphatic rings. The van der Waals surface area contributed by atoms with Gasteiger partial charge in [-0.25, -0.2) is 9.78 Å². The molecule has 1 saturated heterocycles. The van der Waals surface area contributed by atoms with E-state index in [1.807, 2.05) is 30.3 Å². The molecular formula is C32H39BrN2O10. The van der Waals surface area contributed by atoms with E-state index in [2.05, 4.69) is 26.2 Å². The first-order chi connectivity index (χ1) is 21.5. The molecule has 4 atom stereocenters. The fourth-order valence-corrected chi connectivity index (χ4v) is 4.93. The molecule has 1 fully saturated rings. The van der Waals surface area contributed by atoms with Gasteiger partial charge in [0, 0.05) is 24.0 Å². The Morgan fingerprint density at radius 3 is 2.47 bits per heavy atom. The zero-order valence-electron chi connectivity index (χ0n) is 25.8. The van der Waals surface area contributed by atoms with Gasteiger partial charge in [0.25, 0.3) is 5.91 Å². The number of rotatable bonds is 13. The first-order valence-corrected chi connectivity index (χ1v) is 15.9. The molecule has 1 aromatic carbocycles. The standard InChI is InChI=1S/C32H39BrN2O10/c1-19(2)30(38)45-27-20(3)43-32(40)23(18-42-31(39)22(27)17-21-11-7-5-8-12-21)35-29(37)26-28(24(41-4)14-16-34-26)44-25(36)13-9-6-10-15-33/h5,7-8,11-12,14,16,19-20,22-23,27H,6,9-10,13,15,17-18H2,1-4H3,(H,35,37)/t20-,22+,23?,27?/m0/s1. The van der Waals surface area contributed by atoms with Gasteiger partial charge in [-0.2, -0.15) is 0 Å². The summed E-state index contributed by atoms with van der Waals surface area (Å²) in [5, 5.41) is 3.29. The summed E-state index contributed by atoms with van der Waals surface area (Å²) in [7, 11) is 1.34. The lowest BCUT2D eigenvalue weighted by Crippen LogP contribution is -2.47. The summed E-state index contributed by atoms with van der Waals surface area (Å²) in [5.41, 5.74) is 0.461. The first-order valence-electron chi connectivity index (χ1n) is 14.8. The second-order valence-corrected chi connectivity index (χ2v) is 11.6. The molecule has 1 aromatic heterocycles. The molecule has 2 aromatic rings. The lowest BCUT2D eigenvalue weighted by Gasteiger charge is -2.29. The van der Waals surface area contributed by atoms with E-state index in [1.165, 1.54) is 26.3 Å². The number of nitrogens with zero attached hydrogens (tertiary/aromatic N) is 1. The maximum Gasteiger partial charge on any atom is 0.332 e. The molecule has 1 amide bonds. The number of hydrogen-bond acceptors (Lipinski definition) is 11. The number of benzene rings is 1. The highest BCUT2D eigenvalue weighted by atomic mass is 79.9. The van der Waals surface area contributed by atoms with Gasteiger partial charge in [-0.3, -0.25) is 19.2 Å². The molecule has 13 heteroatoms. The maximum absolute atomic E-state index is 13.4. The van der Waals surface area contributed by atoms with Gasteiger partial charge in [0.1, 0.15) is 18.6 Å². The molecule has 12 nitrogen and oxygen atoms in total. The Hall–Kier alpha value is -4.00. The minimum absolute atomic E-state index is 0.0830. The third kappa shape index (κ3) is 10.3. The third-order valence-electron chi connectivity index (χ3n) is 7.00. The van der Waals surface area contributed by atoms with Crippen LogP contribution in [0.4, 0.5) is 0 Å². The van der Waals surface area contributed by atoms with Crippen LogP contribution in [0.3, 0.4) is 0 Å². The molecule has 0 radical (unpaired) electrons. The van der Waals surface area contributed by atoms with E-state index >= 15 is 0 Å². The first kappa shape index (κ1) is 35.5. The van der Waals surface area contributed by atoms with E-state index in [0.29, 0.717) is 6.42 Å². The molecule has 0 spiro atoms. The number of alkyl halides is 1. The largest absolute Gasteiger partial charge is 0.493 e. The fraction of sp³-hybridized carbons (Fsp3) is 0.500. The van der Waals surface area contributed by atoms with Crippen LogP contribution in [0.15, 0.2) is 42.6 Å². The van der Waals surface area contributed by atoms with Crippen LogP contribution >= 0.6 is 15.9 Å². The summed E-state index contributed by atoms with van der Waals surface area (Å²) in [6.07, 6.45) is 1.60. The number of cyclic esters (lactones) is 2. The van der Waals surface area contributed by atoms with Crippen molar-refractivity contribution < 1.29 is 47.7 Å². The van der Waals surface area contributed by atoms with E-state index in [9.17, 15) is 24.0 Å². The van der Waals surface area contributed by atoms with Gasteiger partial charge < -0.3 is 29.0 Å². The number of nitrogens with one attached hydrogen (secondary N) is 1. The quantitative estimate of drug-likeness (QED) is 0.140. The van der Waals surface area contributed by atoms with E-state index < -0.39 is 66.5 Å². The molecule has 0 bridgehead atoms. The molecule has 0 saturated carbocycles. The van der Waals surface area contributed by atoms with Gasteiger partial charge >= 0.3 is 23.9 Å². The van der Waals surface area contributed by atoms with Crippen LogP contribution < -0.4 is 14.8 Å². The molecule has 0 aliphatic carbocycles. The van der Waals surface area contributed by atoms with Crippen molar-refractivity contribution in [2.75, 3.05) is 19.0 Å².